The lowest BCUT2D eigenvalue weighted by molar-refractivity contribution is -0.129. The minimum Gasteiger partial charge on any atom is -0.336 e. The Hall–Kier alpha value is -2.23. The summed E-state index contributed by atoms with van der Waals surface area (Å²) in [7, 11) is 0. The predicted molar refractivity (Wildman–Crippen MR) is 111 cm³/mol. The van der Waals surface area contributed by atoms with Crippen LogP contribution in [0.25, 0.3) is 0 Å². The molecule has 1 aliphatic heterocycles. The van der Waals surface area contributed by atoms with Crippen molar-refractivity contribution >= 4 is 51.4 Å². The highest BCUT2D eigenvalue weighted by atomic mass is 32.2. The molecule has 9 heteroatoms. The van der Waals surface area contributed by atoms with Crippen LogP contribution in [0, 0.1) is 5.82 Å². The first kappa shape index (κ1) is 19.1. The topological polar surface area (TPSA) is 62.3 Å². The molecule has 4 rings (SSSR count). The first-order chi connectivity index (χ1) is 13.6. The van der Waals surface area contributed by atoms with Gasteiger partial charge in [0, 0.05) is 28.1 Å². The fourth-order valence-electron chi connectivity index (χ4n) is 2.79. The van der Waals surface area contributed by atoms with Gasteiger partial charge in [0.15, 0.2) is 5.13 Å². The minimum atomic E-state index is -0.286. The normalized spacial score (nSPS) is 13.2. The number of benzene rings is 1. The lowest BCUT2D eigenvalue weighted by Gasteiger charge is -2.26. The summed E-state index contributed by atoms with van der Waals surface area (Å²) in [6.45, 7) is 1.11. The highest BCUT2D eigenvalue weighted by molar-refractivity contribution is 8.00. The number of carbonyl (C=O) groups excluding carboxylic acids is 2. The van der Waals surface area contributed by atoms with E-state index in [4.69, 9.17) is 0 Å². The van der Waals surface area contributed by atoms with E-state index in [1.54, 1.807) is 23.6 Å². The van der Waals surface area contributed by atoms with Gasteiger partial charge in [-0.15, -0.1) is 11.8 Å². The van der Waals surface area contributed by atoms with Crippen molar-refractivity contribution in [2.45, 2.75) is 17.9 Å². The fourth-order valence-corrected chi connectivity index (χ4v) is 5.25. The van der Waals surface area contributed by atoms with E-state index in [0.717, 1.165) is 15.5 Å². The molecule has 0 radical (unpaired) electrons. The Morgan fingerprint density at radius 3 is 2.82 bits per heavy atom. The Balaban J connectivity index is 1.35. The molecule has 0 saturated heterocycles. The van der Waals surface area contributed by atoms with Gasteiger partial charge >= 0.3 is 0 Å². The van der Waals surface area contributed by atoms with E-state index in [-0.39, 0.29) is 17.6 Å². The number of thiazole rings is 1. The standard InChI is InChI=1S/C19H16FN3O2S3/c20-13-1-3-14(4-2-13)27-11-17(24)23-7-5-15-16(9-23)28-19(21-15)22-18(25)12-6-8-26-10-12/h1-4,6,8,10H,5,7,9,11H2,(H,21,22,25). The number of anilines is 1. The van der Waals surface area contributed by atoms with Crippen LogP contribution in [0.15, 0.2) is 46.0 Å². The highest BCUT2D eigenvalue weighted by Gasteiger charge is 2.24. The molecular formula is C19H16FN3O2S3. The summed E-state index contributed by atoms with van der Waals surface area (Å²) in [5.41, 5.74) is 1.56. The van der Waals surface area contributed by atoms with Gasteiger partial charge in [-0.25, -0.2) is 9.37 Å². The Bertz CT molecular complexity index is 987. The van der Waals surface area contributed by atoms with Crippen LogP contribution >= 0.6 is 34.4 Å². The molecule has 0 atom stereocenters. The number of aromatic nitrogens is 1. The van der Waals surface area contributed by atoms with Gasteiger partial charge in [-0.05, 0) is 35.7 Å². The lowest BCUT2D eigenvalue weighted by atomic mass is 10.2. The highest BCUT2D eigenvalue weighted by Crippen LogP contribution is 2.29. The third kappa shape index (κ3) is 4.43. The molecule has 0 fully saturated rings. The van der Waals surface area contributed by atoms with Gasteiger partial charge in [0.2, 0.25) is 5.91 Å². The molecule has 0 bridgehead atoms. The van der Waals surface area contributed by atoms with Gasteiger partial charge in [0.05, 0.1) is 23.6 Å². The van der Waals surface area contributed by atoms with E-state index in [1.807, 2.05) is 10.3 Å². The molecule has 0 saturated carbocycles. The largest absolute Gasteiger partial charge is 0.336 e. The third-order valence-corrected chi connectivity index (χ3v) is 6.94. The number of thiophene rings is 1. The van der Waals surface area contributed by atoms with Crippen molar-refractivity contribution in [1.29, 1.82) is 0 Å². The van der Waals surface area contributed by atoms with E-state index in [2.05, 4.69) is 10.3 Å². The second kappa shape index (κ2) is 8.42. The maximum atomic E-state index is 13.0. The number of carbonyl (C=O) groups is 2. The second-order valence-corrected chi connectivity index (χ2v) is 9.08. The van der Waals surface area contributed by atoms with E-state index < -0.39 is 0 Å². The molecule has 2 aromatic heterocycles. The third-order valence-electron chi connectivity index (χ3n) is 4.26. The summed E-state index contributed by atoms with van der Waals surface area (Å²) in [6, 6.07) is 7.90. The summed E-state index contributed by atoms with van der Waals surface area (Å²) in [5, 5.41) is 7.05. The van der Waals surface area contributed by atoms with Crippen LogP contribution < -0.4 is 5.32 Å². The van der Waals surface area contributed by atoms with Gasteiger partial charge in [-0.2, -0.15) is 11.3 Å². The molecule has 144 valence electrons. The number of nitrogens with zero attached hydrogens (tertiary/aromatic N) is 2. The van der Waals surface area contributed by atoms with Crippen molar-refractivity contribution in [3.8, 4) is 0 Å². The van der Waals surface area contributed by atoms with Crippen LogP contribution in [0.2, 0.25) is 0 Å². The SMILES string of the molecule is O=C(Nc1nc2c(s1)CN(C(=O)CSc1ccc(F)cc1)CC2)c1ccsc1. The molecular weight excluding hydrogens is 417 g/mol. The molecule has 3 aromatic rings. The van der Waals surface area contributed by atoms with E-state index in [1.165, 1.54) is 46.6 Å². The number of rotatable bonds is 5. The molecule has 1 aliphatic rings. The van der Waals surface area contributed by atoms with Gasteiger partial charge in [0.25, 0.3) is 5.91 Å². The minimum absolute atomic E-state index is 0.0391. The first-order valence-corrected chi connectivity index (χ1v) is 11.3. The molecule has 28 heavy (non-hydrogen) atoms. The summed E-state index contributed by atoms with van der Waals surface area (Å²) < 4.78 is 13.0. The molecule has 0 aliphatic carbocycles. The van der Waals surface area contributed by atoms with Crippen LogP contribution in [0.1, 0.15) is 20.9 Å². The van der Waals surface area contributed by atoms with Gasteiger partial charge in [0.1, 0.15) is 5.82 Å². The zero-order valence-corrected chi connectivity index (χ0v) is 17.1. The van der Waals surface area contributed by atoms with Crippen LogP contribution in [-0.2, 0) is 17.8 Å². The number of nitrogens with one attached hydrogen (secondary N) is 1. The fraction of sp³-hybridized carbons (Fsp3) is 0.211. The monoisotopic (exact) mass is 433 g/mol. The molecule has 2 amide bonds. The predicted octanol–water partition coefficient (Wildman–Crippen LogP) is 4.27. The van der Waals surface area contributed by atoms with Crippen molar-refractivity contribution in [2.24, 2.45) is 0 Å². The number of fused-ring (bicyclic) bond motifs is 1. The van der Waals surface area contributed by atoms with Crippen LogP contribution in [0.3, 0.4) is 0 Å². The van der Waals surface area contributed by atoms with Crippen LogP contribution in [0.4, 0.5) is 9.52 Å². The number of hydrogen-bond acceptors (Lipinski definition) is 6. The smallest absolute Gasteiger partial charge is 0.258 e. The van der Waals surface area contributed by atoms with E-state index >= 15 is 0 Å². The molecule has 5 nitrogen and oxygen atoms in total. The van der Waals surface area contributed by atoms with Gasteiger partial charge < -0.3 is 4.90 Å². The number of thioether (sulfide) groups is 1. The van der Waals surface area contributed by atoms with Crippen molar-refractivity contribution in [3.05, 3.63) is 63.0 Å². The maximum Gasteiger partial charge on any atom is 0.258 e. The molecule has 0 spiro atoms. The summed E-state index contributed by atoms with van der Waals surface area (Å²) in [5.74, 6) is -0.110. The van der Waals surface area contributed by atoms with Gasteiger partial charge in [-0.3, -0.25) is 14.9 Å². The first-order valence-electron chi connectivity index (χ1n) is 8.57. The Morgan fingerprint density at radius 2 is 2.07 bits per heavy atom. The van der Waals surface area contributed by atoms with E-state index in [0.29, 0.717) is 36.0 Å². The average molecular weight is 434 g/mol. The molecule has 3 heterocycles. The average Bonchev–Trinajstić information content (AvgIpc) is 3.36. The number of halogens is 1. The quantitative estimate of drug-likeness (QED) is 0.611. The Labute approximate surface area is 173 Å². The van der Waals surface area contributed by atoms with Crippen molar-refractivity contribution in [1.82, 2.24) is 9.88 Å². The zero-order chi connectivity index (χ0) is 19.5. The Kier molecular flexibility index (Phi) is 5.74. The molecule has 1 aromatic carbocycles. The number of hydrogen-bond donors (Lipinski definition) is 1. The number of amides is 2. The summed E-state index contributed by atoms with van der Waals surface area (Å²) >= 11 is 4.28. The van der Waals surface area contributed by atoms with Crippen LogP contribution in [0.5, 0.6) is 0 Å². The van der Waals surface area contributed by atoms with Crippen LogP contribution in [-0.4, -0.2) is 34.0 Å². The van der Waals surface area contributed by atoms with E-state index in [9.17, 15) is 14.0 Å². The van der Waals surface area contributed by atoms with Crippen molar-refractivity contribution < 1.29 is 14.0 Å². The Morgan fingerprint density at radius 1 is 1.25 bits per heavy atom. The zero-order valence-electron chi connectivity index (χ0n) is 14.7. The summed E-state index contributed by atoms with van der Waals surface area (Å²) in [4.78, 5) is 32.9. The van der Waals surface area contributed by atoms with Gasteiger partial charge in [-0.1, -0.05) is 11.3 Å². The molecule has 1 N–H and O–H groups in total. The molecule has 0 unspecified atom stereocenters. The second-order valence-electron chi connectivity index (χ2n) is 6.16. The van der Waals surface area contributed by atoms with Crippen molar-refractivity contribution in [2.75, 3.05) is 17.6 Å². The summed E-state index contributed by atoms with van der Waals surface area (Å²) in [6.07, 6.45) is 0.674. The maximum absolute atomic E-state index is 13.0. The van der Waals surface area contributed by atoms with Crippen molar-refractivity contribution in [3.63, 3.8) is 0 Å². The lowest BCUT2D eigenvalue weighted by Crippen LogP contribution is -2.36.